The predicted molar refractivity (Wildman–Crippen MR) is 98.2 cm³/mol. The van der Waals surface area contributed by atoms with Crippen LogP contribution in [0.4, 0.5) is 0 Å². The molecule has 8 heteroatoms. The molecular weight excluding hydrogens is 350 g/mol. The molecule has 1 aliphatic rings. The van der Waals surface area contributed by atoms with E-state index >= 15 is 0 Å². The first-order valence-electron chi connectivity index (χ1n) is 8.85. The van der Waals surface area contributed by atoms with Crippen LogP contribution in [-0.2, 0) is 20.8 Å². The van der Waals surface area contributed by atoms with Gasteiger partial charge >= 0.3 is 5.97 Å². The van der Waals surface area contributed by atoms with Crippen molar-refractivity contribution >= 4 is 22.5 Å². The van der Waals surface area contributed by atoms with Gasteiger partial charge in [0.15, 0.2) is 0 Å². The Bertz CT molecular complexity index is 1060. The predicted octanol–water partition coefficient (Wildman–Crippen LogP) is 2.00. The van der Waals surface area contributed by atoms with Crippen LogP contribution in [0.25, 0.3) is 16.6 Å². The second-order valence-corrected chi connectivity index (χ2v) is 6.63. The van der Waals surface area contributed by atoms with Gasteiger partial charge in [0.05, 0.1) is 36.5 Å². The van der Waals surface area contributed by atoms with Crippen molar-refractivity contribution in [3.8, 4) is 0 Å². The average Bonchev–Trinajstić information content (AvgIpc) is 3.14. The van der Waals surface area contributed by atoms with Gasteiger partial charge in [0, 0.05) is 26.2 Å². The fourth-order valence-corrected chi connectivity index (χ4v) is 3.70. The third kappa shape index (κ3) is 3.00. The minimum atomic E-state index is -0.472. The van der Waals surface area contributed by atoms with E-state index in [9.17, 15) is 9.59 Å². The largest absolute Gasteiger partial charge is 0.465 e. The topological polar surface area (TPSA) is 94.9 Å². The van der Waals surface area contributed by atoms with Crippen LogP contribution in [0.3, 0.4) is 0 Å². The molecule has 1 aliphatic heterocycles. The van der Waals surface area contributed by atoms with E-state index in [1.807, 2.05) is 10.5 Å². The van der Waals surface area contributed by atoms with Crippen LogP contribution in [0.15, 0.2) is 23.1 Å². The molecule has 3 aromatic rings. The molecule has 0 saturated carbocycles. The Hall–Kier alpha value is -2.71. The number of aromatic nitrogens is 3. The monoisotopic (exact) mass is 371 g/mol. The van der Waals surface area contributed by atoms with Crippen molar-refractivity contribution in [3.63, 3.8) is 0 Å². The van der Waals surface area contributed by atoms with Crippen molar-refractivity contribution in [3.05, 3.63) is 45.6 Å². The van der Waals surface area contributed by atoms with Crippen molar-refractivity contribution in [2.24, 2.45) is 0 Å². The summed E-state index contributed by atoms with van der Waals surface area (Å²) in [5.74, 6) is 0.594. The molecule has 1 fully saturated rings. The van der Waals surface area contributed by atoms with Gasteiger partial charge in [-0.2, -0.15) is 0 Å². The van der Waals surface area contributed by atoms with Crippen molar-refractivity contribution in [1.29, 1.82) is 0 Å². The second-order valence-electron chi connectivity index (χ2n) is 6.63. The van der Waals surface area contributed by atoms with Crippen LogP contribution >= 0.6 is 0 Å². The van der Waals surface area contributed by atoms with Crippen molar-refractivity contribution in [1.82, 2.24) is 14.4 Å². The highest BCUT2D eigenvalue weighted by molar-refractivity contribution is 5.95. The van der Waals surface area contributed by atoms with Gasteiger partial charge in [-0.1, -0.05) is 0 Å². The first-order chi connectivity index (χ1) is 13.1. The molecule has 3 heterocycles. The van der Waals surface area contributed by atoms with Gasteiger partial charge in [-0.15, -0.1) is 0 Å². The Morgan fingerprint density at radius 1 is 1.30 bits per heavy atom. The number of aromatic amines is 1. The van der Waals surface area contributed by atoms with Gasteiger partial charge in [-0.3, -0.25) is 9.20 Å². The number of imidazole rings is 1. The fraction of sp³-hybridized carbons (Fsp3) is 0.421. The third-order valence-electron chi connectivity index (χ3n) is 5.02. The van der Waals surface area contributed by atoms with Crippen molar-refractivity contribution in [2.75, 3.05) is 27.4 Å². The second kappa shape index (κ2) is 7.13. The minimum Gasteiger partial charge on any atom is -0.465 e. The number of ether oxygens (including phenoxy) is 3. The Kier molecular flexibility index (Phi) is 4.67. The molecule has 0 unspecified atom stereocenters. The smallest absolute Gasteiger partial charge is 0.338 e. The molecule has 142 valence electrons. The summed E-state index contributed by atoms with van der Waals surface area (Å²) in [6.45, 7) is 1.62. The number of methoxy groups -OCH3 is 2. The standard InChI is InChI=1S/C19H21N3O5/c1-25-10-12-7-15-14(8-13(12)19(24)26-2)21-18(23)16-9-20-17(22(15)16)11-3-5-27-6-4-11/h7-9,11H,3-6,10H2,1-2H3,(H,21,23). The van der Waals surface area contributed by atoms with Crippen LogP contribution in [0.1, 0.15) is 40.5 Å². The number of H-pyrrole nitrogens is 1. The van der Waals surface area contributed by atoms with Gasteiger partial charge in [-0.25, -0.2) is 9.78 Å². The lowest BCUT2D eigenvalue weighted by Gasteiger charge is -2.21. The molecule has 0 spiro atoms. The summed E-state index contributed by atoms with van der Waals surface area (Å²) in [6, 6.07) is 3.50. The summed E-state index contributed by atoms with van der Waals surface area (Å²) < 4.78 is 17.5. The molecule has 0 atom stereocenters. The first-order valence-corrected chi connectivity index (χ1v) is 8.85. The lowest BCUT2D eigenvalue weighted by molar-refractivity contribution is 0.0596. The van der Waals surface area contributed by atoms with Crippen LogP contribution < -0.4 is 5.56 Å². The highest BCUT2D eigenvalue weighted by Gasteiger charge is 2.23. The summed E-state index contributed by atoms with van der Waals surface area (Å²) in [7, 11) is 2.90. The molecule has 0 aliphatic carbocycles. The maximum absolute atomic E-state index is 12.6. The number of hydrogen-bond acceptors (Lipinski definition) is 6. The van der Waals surface area contributed by atoms with Crippen LogP contribution in [0.2, 0.25) is 0 Å². The van der Waals surface area contributed by atoms with Crippen LogP contribution in [0.5, 0.6) is 0 Å². The fourth-order valence-electron chi connectivity index (χ4n) is 3.70. The maximum atomic E-state index is 12.6. The van der Waals surface area contributed by atoms with E-state index < -0.39 is 5.97 Å². The van der Waals surface area contributed by atoms with Crippen LogP contribution in [0, 0.1) is 0 Å². The summed E-state index contributed by atoms with van der Waals surface area (Å²) in [4.78, 5) is 32.1. The number of benzene rings is 1. The van der Waals surface area contributed by atoms with E-state index in [0.717, 1.165) is 24.2 Å². The van der Waals surface area contributed by atoms with E-state index in [1.54, 1.807) is 19.4 Å². The zero-order valence-electron chi connectivity index (χ0n) is 15.3. The molecule has 1 N–H and O–H groups in total. The molecule has 27 heavy (non-hydrogen) atoms. The van der Waals surface area contributed by atoms with Gasteiger partial charge in [0.25, 0.3) is 5.56 Å². The zero-order valence-corrected chi connectivity index (χ0v) is 15.3. The van der Waals surface area contributed by atoms with E-state index in [0.29, 0.717) is 35.4 Å². The van der Waals surface area contributed by atoms with Gasteiger partial charge in [0.2, 0.25) is 0 Å². The summed E-state index contributed by atoms with van der Waals surface area (Å²) in [5.41, 5.74) is 2.63. The number of carbonyl (C=O) groups excluding carboxylic acids is 1. The summed E-state index contributed by atoms with van der Waals surface area (Å²) in [6.07, 6.45) is 3.32. The number of hydrogen-bond donors (Lipinski definition) is 1. The number of nitrogens with one attached hydrogen (secondary N) is 1. The van der Waals surface area contributed by atoms with Crippen LogP contribution in [-0.4, -0.2) is 47.8 Å². The molecule has 1 aromatic carbocycles. The van der Waals surface area contributed by atoms with Gasteiger partial charge in [-0.05, 0) is 30.5 Å². The lowest BCUT2D eigenvalue weighted by atomic mass is 9.99. The van der Waals surface area contributed by atoms with Crippen molar-refractivity contribution < 1.29 is 19.0 Å². The average molecular weight is 371 g/mol. The molecule has 2 aromatic heterocycles. The Labute approximate surface area is 155 Å². The van der Waals surface area contributed by atoms with Gasteiger partial charge < -0.3 is 19.2 Å². The van der Waals surface area contributed by atoms with E-state index in [4.69, 9.17) is 14.2 Å². The summed E-state index contributed by atoms with van der Waals surface area (Å²) in [5, 5.41) is 0. The Morgan fingerprint density at radius 3 is 2.78 bits per heavy atom. The normalized spacial score (nSPS) is 15.5. The molecule has 1 saturated heterocycles. The first kappa shape index (κ1) is 17.7. The molecule has 0 bridgehead atoms. The quantitative estimate of drug-likeness (QED) is 0.705. The molecule has 0 amide bonds. The number of carbonyl (C=O) groups is 1. The van der Waals surface area contributed by atoms with E-state index in [-0.39, 0.29) is 18.1 Å². The van der Waals surface area contributed by atoms with Gasteiger partial charge in [0.1, 0.15) is 11.3 Å². The molecule has 8 nitrogen and oxygen atoms in total. The highest BCUT2D eigenvalue weighted by atomic mass is 16.5. The Balaban J connectivity index is 2.01. The molecule has 0 radical (unpaired) electrons. The van der Waals surface area contributed by atoms with E-state index in [1.165, 1.54) is 7.11 Å². The zero-order chi connectivity index (χ0) is 19.0. The SMILES string of the molecule is COCc1cc2c(cc1C(=O)OC)[nH]c(=O)c1cnc(C3CCOCC3)n12. The maximum Gasteiger partial charge on any atom is 0.338 e. The molecular formula is C19H21N3O5. The number of nitrogens with zero attached hydrogens (tertiary/aromatic N) is 2. The highest BCUT2D eigenvalue weighted by Crippen LogP contribution is 2.29. The number of fused-ring (bicyclic) bond motifs is 3. The number of rotatable bonds is 4. The molecule has 4 rings (SSSR count). The minimum absolute atomic E-state index is 0.220. The lowest BCUT2D eigenvalue weighted by Crippen LogP contribution is -2.18. The van der Waals surface area contributed by atoms with E-state index in [2.05, 4.69) is 9.97 Å². The Morgan fingerprint density at radius 2 is 2.07 bits per heavy atom. The third-order valence-corrected chi connectivity index (χ3v) is 5.02. The number of esters is 1. The summed E-state index contributed by atoms with van der Waals surface area (Å²) >= 11 is 0. The van der Waals surface area contributed by atoms with Crippen molar-refractivity contribution in [2.45, 2.75) is 25.4 Å².